The van der Waals surface area contributed by atoms with Gasteiger partial charge in [-0.2, -0.15) is 5.10 Å². The fourth-order valence-electron chi connectivity index (χ4n) is 2.14. The monoisotopic (exact) mass is 253 g/mol. The van der Waals surface area contributed by atoms with Gasteiger partial charge in [0.25, 0.3) is 0 Å². The lowest BCUT2D eigenvalue weighted by Crippen LogP contribution is -2.43. The summed E-state index contributed by atoms with van der Waals surface area (Å²) in [6, 6.07) is 0.188. The second-order valence-electron chi connectivity index (χ2n) is 4.89. The van der Waals surface area contributed by atoms with Crippen molar-refractivity contribution in [3.05, 3.63) is 18.0 Å². The zero-order chi connectivity index (χ0) is 13.6. The van der Waals surface area contributed by atoms with Crippen molar-refractivity contribution < 1.29 is 4.74 Å². The molecule has 0 radical (unpaired) electrons. The molecule has 4 heteroatoms. The Labute approximate surface area is 111 Å². The van der Waals surface area contributed by atoms with Crippen LogP contribution < -0.4 is 5.32 Å². The molecule has 0 aliphatic rings. The summed E-state index contributed by atoms with van der Waals surface area (Å²) in [4.78, 5) is 0. The average Bonchev–Trinajstić information content (AvgIpc) is 2.87. The Morgan fingerprint density at radius 1 is 1.44 bits per heavy atom. The maximum atomic E-state index is 5.74. The number of aromatic nitrogens is 2. The zero-order valence-electron chi connectivity index (χ0n) is 12.4. The second kappa shape index (κ2) is 6.90. The second-order valence-corrected chi connectivity index (χ2v) is 4.89. The van der Waals surface area contributed by atoms with Crippen molar-refractivity contribution >= 4 is 0 Å². The number of rotatable bonds is 8. The van der Waals surface area contributed by atoms with Crippen molar-refractivity contribution in [3.8, 4) is 0 Å². The van der Waals surface area contributed by atoms with Gasteiger partial charge in [0.1, 0.15) is 0 Å². The van der Waals surface area contributed by atoms with Crippen LogP contribution in [0.15, 0.2) is 12.4 Å². The Morgan fingerprint density at radius 3 is 2.61 bits per heavy atom. The molecular formula is C14H27N3O. The minimum absolute atomic E-state index is 0.188. The molecule has 0 aliphatic carbocycles. The Balaban J connectivity index is 2.96. The molecule has 0 amide bonds. The smallest absolute Gasteiger partial charge is 0.0843 e. The van der Waals surface area contributed by atoms with Gasteiger partial charge in [0.15, 0.2) is 0 Å². The van der Waals surface area contributed by atoms with E-state index >= 15 is 0 Å². The van der Waals surface area contributed by atoms with Gasteiger partial charge in [-0.05, 0) is 33.2 Å². The molecule has 0 fully saturated rings. The topological polar surface area (TPSA) is 39.1 Å². The number of hydrogen-bond donors (Lipinski definition) is 1. The average molecular weight is 253 g/mol. The van der Waals surface area contributed by atoms with E-state index in [-0.39, 0.29) is 11.6 Å². The maximum absolute atomic E-state index is 5.74. The third-order valence-electron chi connectivity index (χ3n) is 3.69. The fraction of sp³-hybridized carbons (Fsp3) is 0.786. The van der Waals surface area contributed by atoms with Crippen molar-refractivity contribution in [2.75, 3.05) is 13.7 Å². The Kier molecular flexibility index (Phi) is 5.82. The van der Waals surface area contributed by atoms with E-state index in [9.17, 15) is 0 Å². The molecule has 1 rings (SSSR count). The summed E-state index contributed by atoms with van der Waals surface area (Å²) in [6.07, 6.45) is 6.13. The van der Waals surface area contributed by atoms with Gasteiger partial charge < -0.3 is 10.1 Å². The van der Waals surface area contributed by atoms with Gasteiger partial charge in [-0.1, -0.05) is 13.8 Å². The molecular weight excluding hydrogens is 226 g/mol. The van der Waals surface area contributed by atoms with Crippen LogP contribution in [0.5, 0.6) is 0 Å². The quantitative estimate of drug-likeness (QED) is 0.774. The fourth-order valence-corrected chi connectivity index (χ4v) is 2.14. The van der Waals surface area contributed by atoms with E-state index in [4.69, 9.17) is 4.74 Å². The summed E-state index contributed by atoms with van der Waals surface area (Å²) in [6.45, 7) is 10.5. The van der Waals surface area contributed by atoms with Gasteiger partial charge in [-0.3, -0.25) is 4.68 Å². The van der Waals surface area contributed by atoms with Crippen LogP contribution in [0.1, 0.15) is 52.1 Å². The first-order valence-electron chi connectivity index (χ1n) is 6.92. The van der Waals surface area contributed by atoms with Crippen LogP contribution in [-0.2, 0) is 11.3 Å². The third-order valence-corrected chi connectivity index (χ3v) is 3.69. The molecule has 2 unspecified atom stereocenters. The first kappa shape index (κ1) is 15.2. The van der Waals surface area contributed by atoms with Crippen molar-refractivity contribution in [3.63, 3.8) is 0 Å². The Hall–Kier alpha value is -0.870. The predicted octanol–water partition coefficient (Wildman–Crippen LogP) is 2.76. The van der Waals surface area contributed by atoms with Crippen LogP contribution in [0.3, 0.4) is 0 Å². The summed E-state index contributed by atoms with van der Waals surface area (Å²) in [5, 5.41) is 7.95. The highest BCUT2D eigenvalue weighted by atomic mass is 16.5. The predicted molar refractivity (Wildman–Crippen MR) is 74.6 cm³/mol. The summed E-state index contributed by atoms with van der Waals surface area (Å²) >= 11 is 0. The highest BCUT2D eigenvalue weighted by Crippen LogP contribution is 2.31. The van der Waals surface area contributed by atoms with Crippen molar-refractivity contribution in [1.29, 1.82) is 0 Å². The molecule has 1 N–H and O–H groups in total. The van der Waals surface area contributed by atoms with Crippen LogP contribution >= 0.6 is 0 Å². The molecule has 18 heavy (non-hydrogen) atoms. The molecule has 1 aromatic rings. The molecule has 104 valence electrons. The molecule has 0 spiro atoms. The van der Waals surface area contributed by atoms with E-state index in [0.717, 1.165) is 25.9 Å². The van der Waals surface area contributed by atoms with Gasteiger partial charge >= 0.3 is 0 Å². The van der Waals surface area contributed by atoms with E-state index in [1.54, 1.807) is 7.11 Å². The van der Waals surface area contributed by atoms with E-state index in [1.165, 1.54) is 5.56 Å². The van der Waals surface area contributed by atoms with Gasteiger partial charge in [-0.25, -0.2) is 0 Å². The van der Waals surface area contributed by atoms with Gasteiger partial charge in [0, 0.05) is 25.4 Å². The van der Waals surface area contributed by atoms with E-state index in [2.05, 4.69) is 44.3 Å². The molecule has 1 heterocycles. The normalized spacial score (nSPS) is 16.5. The van der Waals surface area contributed by atoms with Gasteiger partial charge in [0.05, 0.1) is 17.8 Å². The Morgan fingerprint density at radius 2 is 2.17 bits per heavy atom. The third kappa shape index (κ3) is 3.33. The van der Waals surface area contributed by atoms with Crippen molar-refractivity contribution in [2.45, 2.75) is 58.7 Å². The minimum atomic E-state index is -0.198. The van der Waals surface area contributed by atoms with Crippen LogP contribution in [0, 0.1) is 0 Å². The number of hydrogen-bond acceptors (Lipinski definition) is 3. The summed E-state index contributed by atoms with van der Waals surface area (Å²) < 4.78 is 7.70. The summed E-state index contributed by atoms with van der Waals surface area (Å²) in [5.74, 6) is 0. The Bertz CT molecular complexity index is 345. The molecule has 1 aromatic heterocycles. The lowest BCUT2D eigenvalue weighted by atomic mass is 9.89. The number of ether oxygens (including phenoxy) is 1. The highest BCUT2D eigenvalue weighted by Gasteiger charge is 2.34. The number of methoxy groups -OCH3 is 1. The molecule has 0 saturated heterocycles. The minimum Gasteiger partial charge on any atom is -0.377 e. The van der Waals surface area contributed by atoms with E-state index in [0.29, 0.717) is 0 Å². The largest absolute Gasteiger partial charge is 0.377 e. The molecule has 0 bridgehead atoms. The van der Waals surface area contributed by atoms with E-state index in [1.807, 2.05) is 10.9 Å². The van der Waals surface area contributed by atoms with Crippen molar-refractivity contribution in [2.24, 2.45) is 0 Å². The molecule has 0 aliphatic heterocycles. The number of nitrogens with one attached hydrogen (secondary N) is 1. The molecule has 4 nitrogen and oxygen atoms in total. The van der Waals surface area contributed by atoms with Crippen LogP contribution in [0.4, 0.5) is 0 Å². The van der Waals surface area contributed by atoms with E-state index < -0.39 is 0 Å². The lowest BCUT2D eigenvalue weighted by molar-refractivity contribution is -0.0299. The highest BCUT2D eigenvalue weighted by molar-refractivity contribution is 5.15. The van der Waals surface area contributed by atoms with Gasteiger partial charge in [0.2, 0.25) is 0 Å². The van der Waals surface area contributed by atoms with Crippen molar-refractivity contribution in [1.82, 2.24) is 15.1 Å². The summed E-state index contributed by atoms with van der Waals surface area (Å²) in [7, 11) is 1.79. The van der Waals surface area contributed by atoms with Gasteiger partial charge in [-0.15, -0.1) is 0 Å². The van der Waals surface area contributed by atoms with Crippen LogP contribution in [-0.4, -0.2) is 29.0 Å². The van der Waals surface area contributed by atoms with Crippen LogP contribution in [0.2, 0.25) is 0 Å². The first-order chi connectivity index (χ1) is 8.61. The summed E-state index contributed by atoms with van der Waals surface area (Å²) in [5.41, 5.74) is 1.01. The molecule has 0 aromatic carbocycles. The molecule has 2 atom stereocenters. The molecule has 0 saturated carbocycles. The lowest BCUT2D eigenvalue weighted by Gasteiger charge is -2.36. The maximum Gasteiger partial charge on any atom is 0.0843 e. The standard InChI is InChI=1S/C14H27N3O/c1-6-9-15-13(14(4,7-2)18-5)12-10-16-17(8-3)11-12/h10-11,13,15H,6-9H2,1-5H3. The zero-order valence-corrected chi connectivity index (χ0v) is 12.4. The van der Waals surface area contributed by atoms with Crippen LogP contribution in [0.25, 0.3) is 0 Å². The first-order valence-corrected chi connectivity index (χ1v) is 6.92. The SMILES string of the molecule is CCCNC(c1cnn(CC)c1)C(C)(CC)OC. The number of aryl methyl sites for hydroxylation is 1. The number of nitrogens with zero attached hydrogens (tertiary/aromatic N) is 2.